The van der Waals surface area contributed by atoms with E-state index in [9.17, 15) is 9.59 Å². The van der Waals surface area contributed by atoms with Gasteiger partial charge in [0.1, 0.15) is 0 Å². The van der Waals surface area contributed by atoms with Gasteiger partial charge in [-0.05, 0) is 39.0 Å². The molecule has 0 spiro atoms. The highest BCUT2D eigenvalue weighted by molar-refractivity contribution is 6.06. The highest BCUT2D eigenvalue weighted by Crippen LogP contribution is 2.27. The maximum atomic E-state index is 13.2. The summed E-state index contributed by atoms with van der Waals surface area (Å²) in [6.45, 7) is 5.30. The molecule has 0 bridgehead atoms. The summed E-state index contributed by atoms with van der Waals surface area (Å²) in [6, 6.07) is 20.6. The average Bonchev–Trinajstić information content (AvgIpc) is 3.11. The third kappa shape index (κ3) is 4.48. The lowest BCUT2D eigenvalue weighted by atomic mass is 10.1. The van der Waals surface area contributed by atoms with E-state index in [-0.39, 0.29) is 18.6 Å². The lowest BCUT2D eigenvalue weighted by Gasteiger charge is -2.26. The van der Waals surface area contributed by atoms with E-state index in [0.29, 0.717) is 28.0 Å². The van der Waals surface area contributed by atoms with Gasteiger partial charge < -0.3 is 9.64 Å². The molecule has 0 N–H and O–H groups in total. The topological polar surface area (TPSA) is 77.3 Å². The molecule has 0 aliphatic carbocycles. The van der Waals surface area contributed by atoms with Crippen molar-refractivity contribution in [3.63, 3.8) is 0 Å². The number of aryl methyl sites for hydroxylation is 2. The molecule has 0 saturated heterocycles. The van der Waals surface area contributed by atoms with Crippen LogP contribution in [0.5, 0.6) is 0 Å². The fourth-order valence-electron chi connectivity index (χ4n) is 3.96. The highest BCUT2D eigenvalue weighted by atomic mass is 16.5. The molecule has 0 radical (unpaired) electrons. The van der Waals surface area contributed by atoms with Crippen molar-refractivity contribution in [3.05, 3.63) is 78.0 Å². The first-order valence-electron chi connectivity index (χ1n) is 10.8. The molecule has 33 heavy (non-hydrogen) atoms. The molecule has 0 saturated carbocycles. The lowest BCUT2D eigenvalue weighted by molar-refractivity contribution is -0.122. The molecule has 0 aliphatic heterocycles. The van der Waals surface area contributed by atoms with Crippen molar-refractivity contribution in [1.29, 1.82) is 0 Å². The third-order valence-corrected chi connectivity index (χ3v) is 5.40. The number of benzene rings is 2. The Morgan fingerprint density at radius 3 is 2.30 bits per heavy atom. The number of fused-ring (bicyclic) bond motifs is 1. The van der Waals surface area contributed by atoms with E-state index in [0.717, 1.165) is 11.3 Å². The predicted molar refractivity (Wildman–Crippen MR) is 128 cm³/mol. The van der Waals surface area contributed by atoms with Crippen molar-refractivity contribution < 1.29 is 14.3 Å². The van der Waals surface area contributed by atoms with Gasteiger partial charge in [-0.2, -0.15) is 5.10 Å². The van der Waals surface area contributed by atoms with Gasteiger partial charge in [-0.3, -0.25) is 9.48 Å². The molecule has 4 aromatic rings. The molecule has 0 unspecified atom stereocenters. The van der Waals surface area contributed by atoms with Crippen LogP contribution in [-0.2, 0) is 16.6 Å². The number of pyridine rings is 1. The lowest BCUT2D eigenvalue weighted by Crippen LogP contribution is -2.39. The second-order valence-corrected chi connectivity index (χ2v) is 8.10. The van der Waals surface area contributed by atoms with Crippen LogP contribution in [0.2, 0.25) is 0 Å². The number of rotatable bonds is 6. The zero-order valence-corrected chi connectivity index (χ0v) is 19.1. The van der Waals surface area contributed by atoms with E-state index in [2.05, 4.69) is 5.10 Å². The van der Waals surface area contributed by atoms with Crippen LogP contribution in [0, 0.1) is 6.92 Å². The number of para-hydroxylation sites is 1. The Hall–Kier alpha value is -4.00. The number of amides is 1. The number of carbonyl (C=O) groups excluding carboxylic acids is 2. The zero-order valence-electron chi connectivity index (χ0n) is 19.1. The number of aromatic nitrogens is 3. The number of esters is 1. The molecular formula is C26H26N4O3. The maximum Gasteiger partial charge on any atom is 0.339 e. The van der Waals surface area contributed by atoms with E-state index in [1.807, 2.05) is 81.4 Å². The normalized spacial score (nSPS) is 11.1. The van der Waals surface area contributed by atoms with E-state index < -0.39 is 5.97 Å². The minimum absolute atomic E-state index is 0.0866. The standard InChI is InChI=1S/C26H26N4O3/c1-17(2)30(20-13-9-6-10-14-20)23(31)16-33-26(32)21-15-22(19-11-7-5-8-12-19)27-25-24(21)18(3)28-29(25)4/h5-15,17H,16H2,1-4H3. The number of nitrogens with zero attached hydrogens (tertiary/aromatic N) is 4. The predicted octanol–water partition coefficient (Wildman–Crippen LogP) is 4.54. The Balaban J connectivity index is 1.64. The fourth-order valence-corrected chi connectivity index (χ4v) is 3.96. The van der Waals surface area contributed by atoms with Crippen LogP contribution in [0.3, 0.4) is 0 Å². The van der Waals surface area contributed by atoms with Crippen molar-refractivity contribution in [2.45, 2.75) is 26.8 Å². The van der Waals surface area contributed by atoms with Gasteiger partial charge in [-0.15, -0.1) is 0 Å². The Morgan fingerprint density at radius 1 is 1.03 bits per heavy atom. The molecule has 2 heterocycles. The fraction of sp³-hybridized carbons (Fsp3) is 0.231. The summed E-state index contributed by atoms with van der Waals surface area (Å²) in [4.78, 5) is 32.5. The summed E-state index contributed by atoms with van der Waals surface area (Å²) in [5.41, 5.74) is 3.87. The van der Waals surface area contributed by atoms with E-state index in [1.165, 1.54) is 0 Å². The molecule has 0 fully saturated rings. The first-order valence-corrected chi connectivity index (χ1v) is 10.8. The number of carbonyl (C=O) groups is 2. The van der Waals surface area contributed by atoms with Gasteiger partial charge in [0.05, 0.1) is 22.3 Å². The van der Waals surface area contributed by atoms with Gasteiger partial charge in [0, 0.05) is 24.3 Å². The smallest absolute Gasteiger partial charge is 0.339 e. The van der Waals surface area contributed by atoms with Gasteiger partial charge in [-0.25, -0.2) is 9.78 Å². The largest absolute Gasteiger partial charge is 0.452 e. The summed E-state index contributed by atoms with van der Waals surface area (Å²) in [5, 5.41) is 5.05. The number of hydrogen-bond acceptors (Lipinski definition) is 5. The Morgan fingerprint density at radius 2 is 1.67 bits per heavy atom. The van der Waals surface area contributed by atoms with Crippen molar-refractivity contribution in [2.24, 2.45) is 7.05 Å². The van der Waals surface area contributed by atoms with Gasteiger partial charge in [0.15, 0.2) is 12.3 Å². The Labute approximate surface area is 192 Å². The van der Waals surface area contributed by atoms with E-state index >= 15 is 0 Å². The summed E-state index contributed by atoms with van der Waals surface area (Å²) < 4.78 is 7.16. The molecular weight excluding hydrogens is 416 g/mol. The van der Waals surface area contributed by atoms with Crippen molar-refractivity contribution in [2.75, 3.05) is 11.5 Å². The molecule has 0 aliphatic rings. The van der Waals surface area contributed by atoms with Gasteiger partial charge in [0.2, 0.25) is 0 Å². The molecule has 1 amide bonds. The van der Waals surface area contributed by atoms with Crippen LogP contribution >= 0.6 is 0 Å². The van der Waals surface area contributed by atoms with Crippen LogP contribution in [0.4, 0.5) is 5.69 Å². The highest BCUT2D eigenvalue weighted by Gasteiger charge is 2.24. The first kappa shape index (κ1) is 22.2. The summed E-state index contributed by atoms with van der Waals surface area (Å²) >= 11 is 0. The minimum atomic E-state index is -0.583. The van der Waals surface area contributed by atoms with Crippen LogP contribution < -0.4 is 4.90 Å². The number of hydrogen-bond donors (Lipinski definition) is 0. The molecule has 2 aromatic heterocycles. The van der Waals surface area contributed by atoms with Crippen molar-refractivity contribution >= 4 is 28.6 Å². The second-order valence-electron chi connectivity index (χ2n) is 8.10. The molecule has 168 valence electrons. The van der Waals surface area contributed by atoms with Gasteiger partial charge in [-0.1, -0.05) is 48.5 Å². The maximum absolute atomic E-state index is 13.2. The third-order valence-electron chi connectivity index (χ3n) is 5.40. The van der Waals surface area contributed by atoms with Crippen molar-refractivity contribution in [3.8, 4) is 11.3 Å². The average molecular weight is 443 g/mol. The monoisotopic (exact) mass is 442 g/mol. The number of anilines is 1. The minimum Gasteiger partial charge on any atom is -0.452 e. The SMILES string of the molecule is Cc1nn(C)c2nc(-c3ccccc3)cc(C(=O)OCC(=O)N(c3ccccc3)C(C)C)c12. The van der Waals surface area contributed by atoms with Crippen LogP contribution in [0.1, 0.15) is 29.9 Å². The summed E-state index contributed by atoms with van der Waals surface area (Å²) in [7, 11) is 1.79. The second kappa shape index (κ2) is 9.24. The Bertz CT molecular complexity index is 1300. The van der Waals surface area contributed by atoms with E-state index in [1.54, 1.807) is 22.7 Å². The van der Waals surface area contributed by atoms with Gasteiger partial charge in [0.25, 0.3) is 5.91 Å². The summed E-state index contributed by atoms with van der Waals surface area (Å²) in [5.74, 6) is -0.873. The van der Waals surface area contributed by atoms with E-state index in [4.69, 9.17) is 9.72 Å². The molecule has 7 heteroatoms. The first-order chi connectivity index (χ1) is 15.9. The molecule has 2 aromatic carbocycles. The van der Waals surface area contributed by atoms with Gasteiger partial charge >= 0.3 is 5.97 Å². The zero-order chi connectivity index (χ0) is 23.5. The Kier molecular flexibility index (Phi) is 6.22. The quantitative estimate of drug-likeness (QED) is 0.410. The number of ether oxygens (including phenoxy) is 1. The van der Waals surface area contributed by atoms with Crippen LogP contribution in [0.15, 0.2) is 66.7 Å². The molecule has 0 atom stereocenters. The molecule has 7 nitrogen and oxygen atoms in total. The van der Waals surface area contributed by atoms with Crippen molar-refractivity contribution in [1.82, 2.24) is 14.8 Å². The van der Waals surface area contributed by atoms with Crippen LogP contribution in [-0.4, -0.2) is 39.3 Å². The van der Waals surface area contributed by atoms with Crippen LogP contribution in [0.25, 0.3) is 22.3 Å². The summed E-state index contributed by atoms with van der Waals surface area (Å²) in [6.07, 6.45) is 0. The molecule has 4 rings (SSSR count).